The number of benzene rings is 2. The third-order valence-corrected chi connectivity index (χ3v) is 3.26. The van der Waals surface area contributed by atoms with Crippen LogP contribution >= 0.6 is 0 Å². The molecule has 17 heavy (non-hydrogen) atoms. The quantitative estimate of drug-likeness (QED) is 0.798. The molecule has 90 valence electrons. The van der Waals surface area contributed by atoms with E-state index in [1.54, 1.807) is 6.07 Å². The molecule has 0 aliphatic heterocycles. The number of rotatable bonds is 2. The van der Waals surface area contributed by atoms with Crippen molar-refractivity contribution in [2.24, 2.45) is 0 Å². The summed E-state index contributed by atoms with van der Waals surface area (Å²) in [6.45, 7) is 0. The Morgan fingerprint density at radius 1 is 1.12 bits per heavy atom. The zero-order valence-corrected chi connectivity index (χ0v) is 9.73. The van der Waals surface area contributed by atoms with Crippen molar-refractivity contribution < 1.29 is 22.8 Å². The molecular formula is C11H10O5S. The molecule has 0 saturated carbocycles. The van der Waals surface area contributed by atoms with Gasteiger partial charge in [-0.05, 0) is 35.0 Å². The van der Waals surface area contributed by atoms with Crippen LogP contribution in [-0.4, -0.2) is 25.2 Å². The van der Waals surface area contributed by atoms with Gasteiger partial charge in [0.05, 0.1) is 12.0 Å². The summed E-state index contributed by atoms with van der Waals surface area (Å²) >= 11 is 0. The maximum absolute atomic E-state index is 11.0. The van der Waals surface area contributed by atoms with Crippen molar-refractivity contribution in [1.29, 1.82) is 0 Å². The van der Waals surface area contributed by atoms with Crippen LogP contribution in [-0.2, 0) is 10.1 Å². The van der Waals surface area contributed by atoms with Gasteiger partial charge in [-0.25, -0.2) is 0 Å². The summed E-state index contributed by atoms with van der Waals surface area (Å²) < 4.78 is 35.7. The largest absolute Gasteiger partial charge is 0.504 e. The summed E-state index contributed by atoms with van der Waals surface area (Å²) in [4.78, 5) is -0.213. The SMILES string of the molecule is COc1cc2ccc(S(=O)(=O)O)cc2cc1O. The molecule has 5 nitrogen and oxygen atoms in total. The van der Waals surface area contributed by atoms with Crippen molar-refractivity contribution in [3.63, 3.8) is 0 Å². The van der Waals surface area contributed by atoms with Crippen molar-refractivity contribution in [3.8, 4) is 11.5 Å². The highest BCUT2D eigenvalue weighted by molar-refractivity contribution is 7.85. The van der Waals surface area contributed by atoms with Crippen LogP contribution in [0.4, 0.5) is 0 Å². The fraction of sp³-hybridized carbons (Fsp3) is 0.0909. The molecule has 0 fully saturated rings. The van der Waals surface area contributed by atoms with Crippen LogP contribution in [0.5, 0.6) is 11.5 Å². The second-order valence-corrected chi connectivity index (χ2v) is 4.93. The molecule has 0 atom stereocenters. The van der Waals surface area contributed by atoms with Crippen molar-refractivity contribution in [2.45, 2.75) is 4.90 Å². The lowest BCUT2D eigenvalue weighted by molar-refractivity contribution is 0.374. The van der Waals surface area contributed by atoms with E-state index in [1.807, 2.05) is 0 Å². The van der Waals surface area contributed by atoms with Crippen LogP contribution in [0, 0.1) is 0 Å². The van der Waals surface area contributed by atoms with Crippen molar-refractivity contribution in [3.05, 3.63) is 30.3 Å². The first-order valence-electron chi connectivity index (χ1n) is 4.70. The molecule has 0 amide bonds. The zero-order chi connectivity index (χ0) is 12.6. The minimum Gasteiger partial charge on any atom is -0.504 e. The third kappa shape index (κ3) is 2.17. The predicted molar refractivity (Wildman–Crippen MR) is 62.0 cm³/mol. The van der Waals surface area contributed by atoms with Crippen molar-refractivity contribution in [1.82, 2.24) is 0 Å². The second-order valence-electron chi connectivity index (χ2n) is 3.51. The van der Waals surface area contributed by atoms with E-state index in [0.29, 0.717) is 16.5 Å². The van der Waals surface area contributed by atoms with E-state index >= 15 is 0 Å². The molecule has 0 radical (unpaired) electrons. The van der Waals surface area contributed by atoms with Gasteiger partial charge in [0.15, 0.2) is 11.5 Å². The van der Waals surface area contributed by atoms with Crippen LogP contribution in [0.2, 0.25) is 0 Å². The molecule has 0 aliphatic carbocycles. The average Bonchev–Trinajstić information content (AvgIpc) is 2.26. The van der Waals surface area contributed by atoms with Gasteiger partial charge >= 0.3 is 0 Å². The number of phenols is 1. The maximum Gasteiger partial charge on any atom is 0.294 e. The smallest absolute Gasteiger partial charge is 0.294 e. The summed E-state index contributed by atoms with van der Waals surface area (Å²) in [5.74, 6) is 0.213. The van der Waals surface area contributed by atoms with Gasteiger partial charge in [0, 0.05) is 0 Å². The van der Waals surface area contributed by atoms with E-state index < -0.39 is 10.1 Å². The van der Waals surface area contributed by atoms with Crippen molar-refractivity contribution in [2.75, 3.05) is 7.11 Å². The van der Waals surface area contributed by atoms with Gasteiger partial charge in [0.1, 0.15) is 0 Å². The van der Waals surface area contributed by atoms with E-state index in [-0.39, 0.29) is 10.6 Å². The summed E-state index contributed by atoms with van der Waals surface area (Å²) in [6, 6.07) is 7.06. The molecular weight excluding hydrogens is 244 g/mol. The average molecular weight is 254 g/mol. The van der Waals surface area contributed by atoms with Gasteiger partial charge in [0.25, 0.3) is 10.1 Å². The number of ether oxygens (including phenoxy) is 1. The Balaban J connectivity index is 2.72. The fourth-order valence-corrected chi connectivity index (χ4v) is 2.08. The summed E-state index contributed by atoms with van der Waals surface area (Å²) in [5.41, 5.74) is 0. The number of fused-ring (bicyclic) bond motifs is 1. The van der Waals surface area contributed by atoms with Crippen LogP contribution in [0.1, 0.15) is 0 Å². The standard InChI is InChI=1S/C11H10O5S/c1-16-11-6-7-2-3-9(17(13,14)15)4-8(7)5-10(11)12/h2-6,12H,1H3,(H,13,14,15). The highest BCUT2D eigenvalue weighted by Gasteiger charge is 2.11. The molecule has 2 rings (SSSR count). The molecule has 0 bridgehead atoms. The van der Waals surface area contributed by atoms with Gasteiger partial charge in [-0.3, -0.25) is 4.55 Å². The molecule has 0 unspecified atom stereocenters. The minimum atomic E-state index is -4.24. The molecule has 0 spiro atoms. The molecule has 2 N–H and O–H groups in total. The van der Waals surface area contributed by atoms with Crippen LogP contribution in [0.15, 0.2) is 35.2 Å². The van der Waals surface area contributed by atoms with Gasteiger partial charge < -0.3 is 9.84 Å². The van der Waals surface area contributed by atoms with E-state index in [0.717, 1.165) is 0 Å². The number of phenolic OH excluding ortho intramolecular Hbond substituents is 1. The molecule has 2 aromatic carbocycles. The van der Waals surface area contributed by atoms with Gasteiger partial charge in [-0.15, -0.1) is 0 Å². The summed E-state index contributed by atoms with van der Waals surface area (Å²) in [5, 5.41) is 10.8. The lowest BCUT2D eigenvalue weighted by Crippen LogP contribution is -1.97. The highest BCUT2D eigenvalue weighted by Crippen LogP contribution is 2.32. The Morgan fingerprint density at radius 3 is 2.41 bits per heavy atom. The van der Waals surface area contributed by atoms with Crippen LogP contribution in [0.3, 0.4) is 0 Å². The molecule has 2 aromatic rings. The van der Waals surface area contributed by atoms with E-state index in [4.69, 9.17) is 9.29 Å². The second kappa shape index (κ2) is 3.90. The molecule has 0 saturated heterocycles. The summed E-state index contributed by atoms with van der Waals surface area (Å²) in [6.07, 6.45) is 0. The molecule has 0 aromatic heterocycles. The molecule has 0 aliphatic rings. The van der Waals surface area contributed by atoms with Gasteiger partial charge in [-0.2, -0.15) is 8.42 Å². The van der Waals surface area contributed by atoms with E-state index in [2.05, 4.69) is 0 Å². The maximum atomic E-state index is 11.0. The lowest BCUT2D eigenvalue weighted by atomic mass is 10.1. The Bertz CT molecular complexity index is 676. The Kier molecular flexibility index (Phi) is 2.68. The summed E-state index contributed by atoms with van der Waals surface area (Å²) in [7, 11) is -2.81. The van der Waals surface area contributed by atoms with Gasteiger partial charge in [0.2, 0.25) is 0 Å². The topological polar surface area (TPSA) is 83.8 Å². The first kappa shape index (κ1) is 11.7. The van der Waals surface area contributed by atoms with Crippen LogP contribution < -0.4 is 4.74 Å². The minimum absolute atomic E-state index is 0.0903. The Hall–Kier alpha value is -1.79. The monoisotopic (exact) mass is 254 g/mol. The van der Waals surface area contributed by atoms with Crippen LogP contribution in [0.25, 0.3) is 10.8 Å². The molecule has 6 heteroatoms. The van der Waals surface area contributed by atoms with Gasteiger partial charge in [-0.1, -0.05) is 6.07 Å². The number of hydrogen-bond acceptors (Lipinski definition) is 4. The fourth-order valence-electron chi connectivity index (χ4n) is 1.57. The number of hydrogen-bond donors (Lipinski definition) is 2. The normalized spacial score (nSPS) is 11.6. The Morgan fingerprint density at radius 2 is 1.82 bits per heavy atom. The van der Waals surface area contributed by atoms with Crippen molar-refractivity contribution >= 4 is 20.9 Å². The highest BCUT2D eigenvalue weighted by atomic mass is 32.2. The third-order valence-electron chi connectivity index (χ3n) is 2.41. The first-order valence-corrected chi connectivity index (χ1v) is 6.14. The Labute approximate surface area is 98.0 Å². The predicted octanol–water partition coefficient (Wildman–Crippen LogP) is 1.80. The lowest BCUT2D eigenvalue weighted by Gasteiger charge is -2.06. The van der Waals surface area contributed by atoms with E-state index in [1.165, 1.54) is 31.4 Å². The zero-order valence-electron chi connectivity index (χ0n) is 8.91. The number of aromatic hydroxyl groups is 1. The molecule has 0 heterocycles. The first-order chi connectivity index (χ1) is 7.91. The number of methoxy groups -OCH3 is 1. The van der Waals surface area contributed by atoms with E-state index in [9.17, 15) is 13.5 Å².